The zero-order valence-electron chi connectivity index (χ0n) is 29.9. The van der Waals surface area contributed by atoms with Crippen molar-refractivity contribution >= 4 is 23.9 Å². The molecular weight excluding hydrogens is 648 g/mol. The lowest BCUT2D eigenvalue weighted by molar-refractivity contribution is -0.384. The number of aliphatic hydroxyl groups is 4. The molecule has 4 N–H and O–H groups in total. The molecule has 10 atom stereocenters. The van der Waals surface area contributed by atoms with Crippen molar-refractivity contribution in [3.8, 4) is 0 Å². The van der Waals surface area contributed by atoms with E-state index < -0.39 is 104 Å². The van der Waals surface area contributed by atoms with Gasteiger partial charge in [0.05, 0.1) is 19.1 Å². The van der Waals surface area contributed by atoms with Crippen LogP contribution in [-0.4, -0.2) is 119 Å². The molecule has 2 fully saturated rings. The van der Waals surface area contributed by atoms with Crippen LogP contribution < -0.4 is 0 Å². The molecule has 0 bridgehead atoms. The van der Waals surface area contributed by atoms with E-state index in [1.54, 1.807) is 27.7 Å². The van der Waals surface area contributed by atoms with Crippen LogP contribution >= 0.6 is 0 Å². The number of ether oxygens (including phenoxy) is 7. The van der Waals surface area contributed by atoms with Gasteiger partial charge in [-0.15, -0.1) is 0 Å². The smallest absolute Gasteiger partial charge is 0.309 e. The summed E-state index contributed by atoms with van der Waals surface area (Å²) in [4.78, 5) is 51.2. The first-order valence-electron chi connectivity index (χ1n) is 17.4. The van der Waals surface area contributed by atoms with E-state index in [2.05, 4.69) is 13.8 Å². The number of esters is 4. The third-order valence-electron chi connectivity index (χ3n) is 8.54. The number of carbonyl (C=O) groups is 4. The largest absolute Gasteiger partial charge is 0.455 e. The molecule has 1 unspecified atom stereocenters. The Kier molecular flexibility index (Phi) is 17.8. The Hall–Kier alpha value is -2.40. The van der Waals surface area contributed by atoms with Gasteiger partial charge in [0.1, 0.15) is 24.9 Å². The Morgan fingerprint density at radius 2 is 1.43 bits per heavy atom. The summed E-state index contributed by atoms with van der Waals surface area (Å²) in [5, 5.41) is 41.9. The molecule has 0 aromatic heterocycles. The first-order valence-corrected chi connectivity index (χ1v) is 17.4. The van der Waals surface area contributed by atoms with Crippen LogP contribution in [0, 0.1) is 17.8 Å². The lowest BCUT2D eigenvalue weighted by Crippen LogP contribution is -2.65. The number of carbonyl (C=O) groups excluding carboxylic acids is 4. The van der Waals surface area contributed by atoms with Crippen molar-refractivity contribution in [2.24, 2.45) is 17.8 Å². The van der Waals surface area contributed by atoms with E-state index in [4.69, 9.17) is 33.2 Å². The molecule has 2 saturated heterocycles. The summed E-state index contributed by atoms with van der Waals surface area (Å²) in [6.07, 6.45) is -8.02. The molecule has 0 aromatic rings. The lowest BCUT2D eigenvalue weighted by atomic mass is 9.97. The average molecular weight is 707 g/mol. The normalized spacial score (nSPS) is 30.6. The van der Waals surface area contributed by atoms with Gasteiger partial charge < -0.3 is 53.6 Å². The number of hydrogen-bond donors (Lipinski definition) is 4. The van der Waals surface area contributed by atoms with Gasteiger partial charge in [-0.25, -0.2) is 0 Å². The van der Waals surface area contributed by atoms with E-state index in [-0.39, 0.29) is 18.8 Å². The van der Waals surface area contributed by atoms with Gasteiger partial charge in [-0.2, -0.15) is 0 Å². The molecule has 2 rings (SSSR count). The summed E-state index contributed by atoms with van der Waals surface area (Å²) < 4.78 is 40.3. The van der Waals surface area contributed by atoms with Crippen molar-refractivity contribution in [1.29, 1.82) is 0 Å². The molecule has 15 heteroatoms. The van der Waals surface area contributed by atoms with Crippen LogP contribution in [0.3, 0.4) is 0 Å². The monoisotopic (exact) mass is 706 g/mol. The van der Waals surface area contributed by atoms with Crippen molar-refractivity contribution in [2.75, 3.05) is 19.8 Å². The molecular formula is C34H58O15. The molecule has 0 spiro atoms. The molecule has 0 radical (unpaired) electrons. The standard InChI is InChI=1S/C34H58O15/c1-8-21(6)32(42)47-29-28(45-26(40)15-20(4)5)24(17-36)44-33(30(29)43-22(7)38)49-34(18-37)31(27(41)23(16-35)48-34)46-25(39)14-12-10-9-11-13-19(2)3/h19-21,23-24,27-31,33,35-37,41H,8-18H2,1-7H3/t21?,23-,24-,27-,28-,29+,30-,31+,33-,34+/m1/s1. The molecule has 2 aliphatic rings. The zero-order chi connectivity index (χ0) is 36.9. The highest BCUT2D eigenvalue weighted by Crippen LogP contribution is 2.40. The van der Waals surface area contributed by atoms with Crippen LogP contribution in [-0.2, 0) is 52.3 Å². The Balaban J connectivity index is 2.45. The van der Waals surface area contributed by atoms with Crippen molar-refractivity contribution in [3.63, 3.8) is 0 Å². The maximum Gasteiger partial charge on any atom is 0.309 e. The highest BCUT2D eigenvalue weighted by atomic mass is 16.8. The first kappa shape index (κ1) is 42.8. The summed E-state index contributed by atoms with van der Waals surface area (Å²) >= 11 is 0. The second-order valence-electron chi connectivity index (χ2n) is 13.7. The minimum Gasteiger partial charge on any atom is -0.455 e. The summed E-state index contributed by atoms with van der Waals surface area (Å²) in [6, 6.07) is 0. The number of unbranched alkanes of at least 4 members (excludes halogenated alkanes) is 3. The predicted molar refractivity (Wildman–Crippen MR) is 171 cm³/mol. The third-order valence-corrected chi connectivity index (χ3v) is 8.54. The second kappa shape index (κ2) is 20.4. The van der Waals surface area contributed by atoms with E-state index in [1.165, 1.54) is 0 Å². The molecule has 0 aromatic carbocycles. The molecule has 2 heterocycles. The highest BCUT2D eigenvalue weighted by Gasteiger charge is 2.62. The van der Waals surface area contributed by atoms with Gasteiger partial charge in [-0.1, -0.05) is 67.2 Å². The fourth-order valence-corrected chi connectivity index (χ4v) is 5.65. The quantitative estimate of drug-likeness (QED) is 0.0809. The zero-order valence-corrected chi connectivity index (χ0v) is 29.9. The summed E-state index contributed by atoms with van der Waals surface area (Å²) in [5.74, 6) is -5.55. The van der Waals surface area contributed by atoms with Gasteiger partial charge >= 0.3 is 23.9 Å². The van der Waals surface area contributed by atoms with E-state index in [1.807, 2.05) is 0 Å². The third kappa shape index (κ3) is 12.4. The molecule has 2 aliphatic heterocycles. The fraction of sp³-hybridized carbons (Fsp3) is 0.882. The van der Waals surface area contributed by atoms with Crippen molar-refractivity contribution in [2.45, 2.75) is 155 Å². The van der Waals surface area contributed by atoms with Crippen molar-refractivity contribution < 1.29 is 72.8 Å². The highest BCUT2D eigenvalue weighted by molar-refractivity contribution is 5.73. The van der Waals surface area contributed by atoms with Crippen LogP contribution in [0.15, 0.2) is 0 Å². The first-order chi connectivity index (χ1) is 23.1. The fourth-order valence-electron chi connectivity index (χ4n) is 5.65. The van der Waals surface area contributed by atoms with Gasteiger partial charge in [0.25, 0.3) is 0 Å². The summed E-state index contributed by atoms with van der Waals surface area (Å²) in [7, 11) is 0. The van der Waals surface area contributed by atoms with E-state index >= 15 is 0 Å². The minimum atomic E-state index is -2.38. The van der Waals surface area contributed by atoms with Gasteiger partial charge in [0.15, 0.2) is 24.4 Å². The van der Waals surface area contributed by atoms with Crippen LogP contribution in [0.2, 0.25) is 0 Å². The summed E-state index contributed by atoms with van der Waals surface area (Å²) in [5.41, 5.74) is 0. The number of rotatable bonds is 20. The van der Waals surface area contributed by atoms with E-state index in [0.29, 0.717) is 18.8 Å². The maximum absolute atomic E-state index is 13.1. The average Bonchev–Trinajstić information content (AvgIpc) is 3.30. The van der Waals surface area contributed by atoms with E-state index in [9.17, 15) is 39.6 Å². The van der Waals surface area contributed by atoms with Gasteiger partial charge in [-0.05, 0) is 24.7 Å². The predicted octanol–water partition coefficient (Wildman–Crippen LogP) is 1.92. The van der Waals surface area contributed by atoms with Crippen molar-refractivity contribution in [1.82, 2.24) is 0 Å². The number of hydrogen-bond acceptors (Lipinski definition) is 15. The van der Waals surface area contributed by atoms with Crippen LogP contribution in [0.25, 0.3) is 0 Å². The lowest BCUT2D eigenvalue weighted by Gasteiger charge is -2.46. The van der Waals surface area contributed by atoms with Gasteiger partial charge in [0.2, 0.25) is 12.1 Å². The van der Waals surface area contributed by atoms with Crippen LogP contribution in [0.4, 0.5) is 0 Å². The second-order valence-corrected chi connectivity index (χ2v) is 13.7. The van der Waals surface area contributed by atoms with Crippen LogP contribution in [0.1, 0.15) is 99.8 Å². The molecule has 0 amide bonds. The molecule has 0 saturated carbocycles. The Bertz CT molecular complexity index is 1050. The van der Waals surface area contributed by atoms with Gasteiger partial charge in [0, 0.05) is 19.8 Å². The summed E-state index contributed by atoms with van der Waals surface area (Å²) in [6.45, 7) is 9.69. The molecule has 0 aliphatic carbocycles. The van der Waals surface area contributed by atoms with E-state index in [0.717, 1.165) is 32.6 Å². The molecule has 284 valence electrons. The Labute approximate surface area is 288 Å². The topological polar surface area (TPSA) is 214 Å². The molecule has 49 heavy (non-hydrogen) atoms. The molecule has 15 nitrogen and oxygen atoms in total. The Morgan fingerprint density at radius 3 is 1.98 bits per heavy atom. The van der Waals surface area contributed by atoms with Gasteiger partial charge in [-0.3, -0.25) is 19.2 Å². The Morgan fingerprint density at radius 1 is 0.776 bits per heavy atom. The maximum atomic E-state index is 13.1. The minimum absolute atomic E-state index is 0.00412. The van der Waals surface area contributed by atoms with Crippen molar-refractivity contribution in [3.05, 3.63) is 0 Å². The van der Waals surface area contributed by atoms with Crippen LogP contribution in [0.5, 0.6) is 0 Å². The number of aliphatic hydroxyl groups excluding tert-OH is 4. The SMILES string of the molecule is CCC(C)C(=O)O[C@@H]1[C@@H](OC(C)=O)[C@@H](O[C@]2(CO)O[C@H](CO)[C@@H](O)[C@@H]2OC(=O)CCCCCCC(C)C)O[C@H](CO)[C@H]1OC(=O)CC(C)C.